The SMILES string of the molecule is Br.OCl.[NaH]. The third-order valence-corrected chi connectivity index (χ3v) is 0. The molecule has 4 heavy (non-hydrogen) atoms. The minimum atomic E-state index is 0. The van der Waals surface area contributed by atoms with E-state index in [0.717, 1.165) is 0 Å². The van der Waals surface area contributed by atoms with Crippen molar-refractivity contribution >= 4 is 58.4 Å². The average Bonchev–Trinajstić information content (AvgIpc) is 1.00. The Balaban J connectivity index is -0.00000000500. The molecule has 0 aliphatic carbocycles. The van der Waals surface area contributed by atoms with Gasteiger partial charge < -0.3 is 0 Å². The summed E-state index contributed by atoms with van der Waals surface area (Å²) in [6.45, 7) is 0. The molecule has 0 unspecified atom stereocenters. The summed E-state index contributed by atoms with van der Waals surface area (Å²) >= 11 is 3.64. The predicted octanol–water partition coefficient (Wildman–Crippen LogP) is 0.0619. The van der Waals surface area contributed by atoms with E-state index in [9.17, 15) is 0 Å². The van der Waals surface area contributed by atoms with Crippen molar-refractivity contribution in [1.29, 1.82) is 0 Å². The van der Waals surface area contributed by atoms with Gasteiger partial charge in [0.15, 0.2) is 0 Å². The monoisotopic (exact) mass is 156 g/mol. The summed E-state index contributed by atoms with van der Waals surface area (Å²) in [5, 5.41) is 0. The van der Waals surface area contributed by atoms with Gasteiger partial charge in [0, 0.05) is 0 Å². The first-order valence-electron chi connectivity index (χ1n) is 0.169. The molecule has 0 aliphatic heterocycles. The van der Waals surface area contributed by atoms with Crippen molar-refractivity contribution in [3.05, 3.63) is 0 Å². The summed E-state index contributed by atoms with van der Waals surface area (Å²) in [7, 11) is 0. The Labute approximate surface area is 62.6 Å². The molecule has 4 heteroatoms. The summed E-state index contributed by atoms with van der Waals surface area (Å²) in [6.07, 6.45) is 0. The summed E-state index contributed by atoms with van der Waals surface area (Å²) in [6, 6.07) is 0. The van der Waals surface area contributed by atoms with Gasteiger partial charge in [0.05, 0.1) is 11.9 Å². The number of hydrogen-bond donors (Lipinski definition) is 1. The predicted molar refractivity (Wildman–Crippen MR) is 25.5 cm³/mol. The van der Waals surface area contributed by atoms with Crippen molar-refractivity contribution in [3.63, 3.8) is 0 Å². The molecule has 0 aliphatic rings. The summed E-state index contributed by atoms with van der Waals surface area (Å²) in [5.74, 6) is 0. The van der Waals surface area contributed by atoms with Gasteiger partial charge >= 0.3 is 29.6 Å². The molecule has 0 saturated heterocycles. The van der Waals surface area contributed by atoms with E-state index in [1.54, 1.807) is 0 Å². The van der Waals surface area contributed by atoms with E-state index in [0.29, 0.717) is 0 Å². The average molecular weight is 157 g/mol. The quantitative estimate of drug-likeness (QED) is 0.493. The van der Waals surface area contributed by atoms with Gasteiger partial charge in [0.1, 0.15) is 0 Å². The molecule has 1 N–H and O–H groups in total. The van der Waals surface area contributed by atoms with E-state index in [2.05, 4.69) is 11.9 Å². The number of rotatable bonds is 0. The van der Waals surface area contributed by atoms with Crippen LogP contribution in [0.3, 0.4) is 0 Å². The van der Waals surface area contributed by atoms with Crippen LogP contribution in [0.15, 0.2) is 0 Å². The molecule has 0 fully saturated rings. The van der Waals surface area contributed by atoms with E-state index in [-0.39, 0.29) is 46.5 Å². The van der Waals surface area contributed by atoms with Crippen LogP contribution in [0.5, 0.6) is 0 Å². The molecule has 0 bridgehead atoms. The van der Waals surface area contributed by atoms with Gasteiger partial charge in [-0.3, -0.25) is 4.66 Å². The normalized spacial score (nSPS) is 1.50. The number of halogens is 2. The van der Waals surface area contributed by atoms with Crippen LogP contribution in [0, 0.1) is 0 Å². The van der Waals surface area contributed by atoms with Crippen LogP contribution in [-0.4, -0.2) is 34.2 Å². The standard InChI is InChI=1S/BrH.ClHO.Na.H/c;1-2;;/h1H;2H;;. The van der Waals surface area contributed by atoms with Gasteiger partial charge in [-0.15, -0.1) is 17.0 Å². The second kappa shape index (κ2) is 22.0. The molecule has 0 saturated carbocycles. The Morgan fingerprint density at radius 1 is 1.25 bits per heavy atom. The van der Waals surface area contributed by atoms with Crippen LogP contribution in [0.1, 0.15) is 0 Å². The van der Waals surface area contributed by atoms with Gasteiger partial charge in [0.25, 0.3) is 0 Å². The molecule has 1 nitrogen and oxygen atoms in total. The van der Waals surface area contributed by atoms with E-state index >= 15 is 0 Å². The zero-order valence-corrected chi connectivity index (χ0v) is 3.70. The zero-order chi connectivity index (χ0) is 2.00. The van der Waals surface area contributed by atoms with Crippen molar-refractivity contribution in [1.82, 2.24) is 0 Å². The fourth-order valence-corrected chi connectivity index (χ4v) is 0. The van der Waals surface area contributed by atoms with Gasteiger partial charge in [-0.1, -0.05) is 0 Å². The Hall–Kier alpha value is 1.73. The molecule has 0 atom stereocenters. The van der Waals surface area contributed by atoms with E-state index in [1.807, 2.05) is 0 Å². The van der Waals surface area contributed by atoms with Crippen molar-refractivity contribution in [2.45, 2.75) is 0 Å². The first kappa shape index (κ1) is 17.2. The van der Waals surface area contributed by atoms with Crippen molar-refractivity contribution < 1.29 is 4.66 Å². The van der Waals surface area contributed by atoms with Crippen LogP contribution in [0.2, 0.25) is 0 Å². The van der Waals surface area contributed by atoms with E-state index < -0.39 is 0 Å². The molecule has 0 heterocycles. The van der Waals surface area contributed by atoms with Gasteiger partial charge in [-0.05, 0) is 0 Å². The molecule has 0 spiro atoms. The molecule has 0 amide bonds. The first-order valence-corrected chi connectivity index (χ1v) is 0.507. The molecule has 0 rings (SSSR count). The fraction of sp³-hybridized carbons (Fsp3) is 0. The molecule has 0 aromatic rings. The fourth-order valence-electron chi connectivity index (χ4n) is 0. The van der Waals surface area contributed by atoms with Gasteiger partial charge in [-0.2, -0.15) is 0 Å². The van der Waals surface area contributed by atoms with Crippen LogP contribution in [0.25, 0.3) is 0 Å². The molecule has 0 aromatic heterocycles. The zero-order valence-electron chi connectivity index (χ0n) is 1.23. The van der Waals surface area contributed by atoms with Crippen LogP contribution >= 0.6 is 28.8 Å². The van der Waals surface area contributed by atoms with Crippen molar-refractivity contribution in [2.24, 2.45) is 0 Å². The number of hydrogen-bond acceptors (Lipinski definition) is 1. The second-order valence-electron chi connectivity index (χ2n) is 0. The molecular weight excluding hydrogens is 154 g/mol. The second-order valence-corrected chi connectivity index (χ2v) is 0. The van der Waals surface area contributed by atoms with E-state index in [1.165, 1.54) is 0 Å². The summed E-state index contributed by atoms with van der Waals surface area (Å²) in [5.41, 5.74) is 0. The van der Waals surface area contributed by atoms with Gasteiger partial charge in [-0.25, -0.2) is 0 Å². The first-order chi connectivity index (χ1) is 1.00. The maximum atomic E-state index is 6.47. The Morgan fingerprint density at radius 3 is 1.25 bits per heavy atom. The molecular formula is H3BrClNaO. The summed E-state index contributed by atoms with van der Waals surface area (Å²) < 4.78 is 6.47. The Bertz CT molecular complexity index is 8.00. The Kier molecular flexibility index (Phi) is 94.6. The van der Waals surface area contributed by atoms with Gasteiger partial charge in [0.2, 0.25) is 0 Å². The van der Waals surface area contributed by atoms with Crippen LogP contribution in [0.4, 0.5) is 0 Å². The topological polar surface area (TPSA) is 20.2 Å². The molecule has 24 valence electrons. The third kappa shape index (κ3) is 9.29. The third-order valence-electron chi connectivity index (χ3n) is 0. The minimum absolute atomic E-state index is 0. The molecule has 0 aromatic carbocycles. The van der Waals surface area contributed by atoms with E-state index in [4.69, 9.17) is 4.66 Å². The van der Waals surface area contributed by atoms with Crippen LogP contribution in [-0.2, 0) is 0 Å². The maximum absolute atomic E-state index is 6.47. The van der Waals surface area contributed by atoms with Crippen molar-refractivity contribution in [2.75, 3.05) is 0 Å². The summed E-state index contributed by atoms with van der Waals surface area (Å²) in [4.78, 5) is 0. The van der Waals surface area contributed by atoms with Crippen LogP contribution < -0.4 is 0 Å². The van der Waals surface area contributed by atoms with Crippen molar-refractivity contribution in [3.8, 4) is 0 Å². The Morgan fingerprint density at radius 2 is 1.25 bits per heavy atom. The molecule has 0 radical (unpaired) electrons.